The van der Waals surface area contributed by atoms with Gasteiger partial charge in [-0.2, -0.15) is 0 Å². The maximum atomic E-state index is 9.87. The molecule has 13 heavy (non-hydrogen) atoms. The van der Waals surface area contributed by atoms with E-state index in [-0.39, 0.29) is 6.47 Å². The second-order valence-corrected chi connectivity index (χ2v) is 2.60. The Kier molecular flexibility index (Phi) is 3.17. The smallest absolute Gasteiger partial charge is 0.295 e. The first-order valence-electron chi connectivity index (χ1n) is 3.54. The Hall–Kier alpha value is -0.730. The maximum absolute atomic E-state index is 9.87. The predicted molar refractivity (Wildman–Crippen MR) is 36.0 cm³/mol. The lowest BCUT2D eigenvalue weighted by molar-refractivity contribution is -0.328. The van der Waals surface area contributed by atoms with Gasteiger partial charge in [0.05, 0.1) is 0 Å². The van der Waals surface area contributed by atoms with Crippen molar-refractivity contribution in [3.63, 3.8) is 0 Å². The van der Waals surface area contributed by atoms with Crippen LogP contribution in [0.3, 0.4) is 0 Å². The van der Waals surface area contributed by atoms with Gasteiger partial charge in [0.1, 0.15) is 18.3 Å². The van der Waals surface area contributed by atoms with Crippen molar-refractivity contribution in [2.45, 2.75) is 30.9 Å². The predicted octanol–water partition coefficient (Wildman–Crippen LogP) is -3.08. The van der Waals surface area contributed by atoms with Crippen molar-refractivity contribution >= 4 is 6.47 Å². The van der Waals surface area contributed by atoms with Gasteiger partial charge < -0.3 is 29.9 Å². The van der Waals surface area contributed by atoms with E-state index in [1.165, 1.54) is 0 Å². The third-order valence-electron chi connectivity index (χ3n) is 1.73. The number of carbonyl (C=O) groups is 1. The van der Waals surface area contributed by atoms with E-state index in [1.54, 1.807) is 0 Å². The molecule has 0 aromatic carbocycles. The number of aliphatic hydroxyl groups is 4. The Morgan fingerprint density at radius 1 is 1.08 bits per heavy atom. The molecule has 0 spiro atoms. The van der Waals surface area contributed by atoms with Crippen LogP contribution in [0.2, 0.25) is 0 Å². The number of aliphatic hydroxyl groups excluding tert-OH is 4. The summed E-state index contributed by atoms with van der Waals surface area (Å²) in [6, 6.07) is 0. The van der Waals surface area contributed by atoms with E-state index in [9.17, 15) is 4.79 Å². The van der Waals surface area contributed by atoms with Crippen LogP contribution in [-0.2, 0) is 14.3 Å². The normalized spacial score (nSPS) is 45.7. The number of rotatable bonds is 2. The van der Waals surface area contributed by atoms with Crippen LogP contribution in [0.1, 0.15) is 0 Å². The molecule has 7 nitrogen and oxygen atoms in total. The summed E-state index contributed by atoms with van der Waals surface area (Å²) >= 11 is 0. The third kappa shape index (κ3) is 1.95. The Morgan fingerprint density at radius 2 is 1.69 bits per heavy atom. The zero-order valence-corrected chi connectivity index (χ0v) is 6.48. The molecule has 1 saturated heterocycles. The molecule has 7 heteroatoms. The minimum atomic E-state index is -1.69. The lowest BCUT2D eigenvalue weighted by atomic mass is 10.0. The Labute approximate surface area is 73.1 Å². The van der Waals surface area contributed by atoms with Crippen molar-refractivity contribution in [3.05, 3.63) is 0 Å². The van der Waals surface area contributed by atoms with E-state index in [2.05, 4.69) is 9.47 Å². The van der Waals surface area contributed by atoms with E-state index in [0.29, 0.717) is 0 Å². The summed E-state index contributed by atoms with van der Waals surface area (Å²) < 4.78 is 8.66. The molecule has 0 aromatic rings. The fourth-order valence-corrected chi connectivity index (χ4v) is 0.997. The van der Waals surface area contributed by atoms with Crippen LogP contribution >= 0.6 is 0 Å². The molecular weight excluding hydrogens is 184 g/mol. The standard InChI is InChI=1S/C6H10O7/c7-1-12-6-4(10)2(8)3(9)5(11)13-6/h1-6,8-11H/t2-,3?,4+,5?,6?/m0/s1. The van der Waals surface area contributed by atoms with Crippen LogP contribution in [-0.4, -0.2) is 57.8 Å². The maximum Gasteiger partial charge on any atom is 0.295 e. The summed E-state index contributed by atoms with van der Waals surface area (Å²) in [6.45, 7) is 0.00499. The number of ether oxygens (including phenoxy) is 2. The molecule has 0 aromatic heterocycles. The van der Waals surface area contributed by atoms with Crippen LogP contribution in [0.5, 0.6) is 0 Å². The van der Waals surface area contributed by atoms with Crippen molar-refractivity contribution in [1.82, 2.24) is 0 Å². The molecule has 1 heterocycles. The van der Waals surface area contributed by atoms with Gasteiger partial charge in [0, 0.05) is 0 Å². The number of hydrogen-bond donors (Lipinski definition) is 4. The summed E-state index contributed by atoms with van der Waals surface area (Å²) in [5.74, 6) is 0. The van der Waals surface area contributed by atoms with Gasteiger partial charge in [0.25, 0.3) is 6.47 Å². The first-order chi connectivity index (χ1) is 6.07. The second-order valence-electron chi connectivity index (χ2n) is 2.60. The Balaban J connectivity index is 2.64. The van der Waals surface area contributed by atoms with Gasteiger partial charge in [-0.25, -0.2) is 0 Å². The molecule has 76 valence electrons. The largest absolute Gasteiger partial charge is 0.435 e. The number of hydrogen-bond acceptors (Lipinski definition) is 7. The lowest BCUT2D eigenvalue weighted by Gasteiger charge is -2.36. The van der Waals surface area contributed by atoms with Crippen molar-refractivity contribution in [3.8, 4) is 0 Å². The lowest BCUT2D eigenvalue weighted by Crippen LogP contribution is -2.58. The highest BCUT2D eigenvalue weighted by Crippen LogP contribution is 2.19. The molecule has 0 aliphatic carbocycles. The van der Waals surface area contributed by atoms with Crippen LogP contribution in [0.4, 0.5) is 0 Å². The fraction of sp³-hybridized carbons (Fsp3) is 0.833. The first-order valence-corrected chi connectivity index (χ1v) is 3.54. The van der Waals surface area contributed by atoms with Gasteiger partial charge in [0.2, 0.25) is 6.29 Å². The molecule has 0 saturated carbocycles. The minimum Gasteiger partial charge on any atom is -0.435 e. The quantitative estimate of drug-likeness (QED) is 0.344. The van der Waals surface area contributed by atoms with Gasteiger partial charge in [-0.3, -0.25) is 4.79 Å². The molecular formula is C6H10O7. The summed E-state index contributed by atoms with van der Waals surface area (Å²) in [6.07, 6.45) is -7.98. The fourth-order valence-electron chi connectivity index (χ4n) is 0.997. The van der Waals surface area contributed by atoms with E-state index in [4.69, 9.17) is 20.4 Å². The highest BCUT2D eigenvalue weighted by Gasteiger charge is 2.44. The molecule has 0 amide bonds. The van der Waals surface area contributed by atoms with Crippen LogP contribution in [0, 0.1) is 0 Å². The zero-order chi connectivity index (χ0) is 10.0. The van der Waals surface area contributed by atoms with E-state index >= 15 is 0 Å². The summed E-state index contributed by atoms with van der Waals surface area (Å²) in [7, 11) is 0. The molecule has 0 bridgehead atoms. The Morgan fingerprint density at radius 3 is 2.23 bits per heavy atom. The molecule has 4 N–H and O–H groups in total. The average Bonchev–Trinajstić information content (AvgIpc) is 2.11. The van der Waals surface area contributed by atoms with Crippen LogP contribution in [0.25, 0.3) is 0 Å². The molecule has 3 unspecified atom stereocenters. The summed E-state index contributed by atoms with van der Waals surface area (Å²) in [4.78, 5) is 9.87. The van der Waals surface area contributed by atoms with Crippen molar-refractivity contribution in [2.24, 2.45) is 0 Å². The minimum absolute atomic E-state index is 0.00499. The number of carbonyl (C=O) groups excluding carboxylic acids is 1. The molecule has 0 radical (unpaired) electrons. The van der Waals surface area contributed by atoms with Crippen LogP contribution in [0.15, 0.2) is 0 Å². The molecule has 1 aliphatic rings. The van der Waals surface area contributed by atoms with E-state index in [1.807, 2.05) is 0 Å². The van der Waals surface area contributed by atoms with Gasteiger partial charge in [-0.15, -0.1) is 0 Å². The van der Waals surface area contributed by atoms with Gasteiger partial charge in [-0.05, 0) is 0 Å². The highest BCUT2D eigenvalue weighted by atomic mass is 16.8. The Bertz CT molecular complexity index is 184. The molecule has 1 aliphatic heterocycles. The zero-order valence-electron chi connectivity index (χ0n) is 6.48. The topological polar surface area (TPSA) is 116 Å². The summed E-state index contributed by atoms with van der Waals surface area (Å²) in [5.41, 5.74) is 0. The van der Waals surface area contributed by atoms with Crippen molar-refractivity contribution in [1.29, 1.82) is 0 Å². The van der Waals surface area contributed by atoms with Crippen LogP contribution < -0.4 is 0 Å². The van der Waals surface area contributed by atoms with Gasteiger partial charge >= 0.3 is 0 Å². The summed E-state index contributed by atoms with van der Waals surface area (Å²) in [5, 5.41) is 36.1. The van der Waals surface area contributed by atoms with E-state index in [0.717, 1.165) is 0 Å². The molecule has 1 fully saturated rings. The second kappa shape index (κ2) is 3.99. The molecule has 5 atom stereocenters. The molecule has 1 rings (SSSR count). The monoisotopic (exact) mass is 194 g/mol. The van der Waals surface area contributed by atoms with Crippen molar-refractivity contribution in [2.75, 3.05) is 0 Å². The first kappa shape index (κ1) is 10.4. The SMILES string of the molecule is O=COC1OC(O)C(O)[C@H](O)[C@H]1O. The van der Waals surface area contributed by atoms with E-state index < -0.39 is 30.9 Å². The third-order valence-corrected chi connectivity index (χ3v) is 1.73. The van der Waals surface area contributed by atoms with Gasteiger partial charge in [-0.1, -0.05) is 0 Å². The highest BCUT2D eigenvalue weighted by molar-refractivity contribution is 5.37. The van der Waals surface area contributed by atoms with Crippen molar-refractivity contribution < 1.29 is 34.7 Å². The average molecular weight is 194 g/mol. The van der Waals surface area contributed by atoms with Gasteiger partial charge in [0.15, 0.2) is 6.29 Å².